The summed E-state index contributed by atoms with van der Waals surface area (Å²) in [6.07, 6.45) is 5.43. The van der Waals surface area contributed by atoms with Crippen molar-refractivity contribution in [2.45, 2.75) is 45.7 Å². The van der Waals surface area contributed by atoms with Crippen LogP contribution in [0.3, 0.4) is 0 Å². The van der Waals surface area contributed by atoms with Gasteiger partial charge in [-0.25, -0.2) is 4.98 Å². The highest BCUT2D eigenvalue weighted by Crippen LogP contribution is 2.17. The van der Waals surface area contributed by atoms with Gasteiger partial charge in [0.05, 0.1) is 6.61 Å². The number of aromatic nitrogens is 1. The van der Waals surface area contributed by atoms with Crippen molar-refractivity contribution >= 4 is 29.9 Å². The summed E-state index contributed by atoms with van der Waals surface area (Å²) in [4.78, 5) is 13.6. The van der Waals surface area contributed by atoms with Gasteiger partial charge in [0.1, 0.15) is 0 Å². The largest absolute Gasteiger partial charge is 0.478 e. The van der Waals surface area contributed by atoms with E-state index in [1.165, 1.54) is 19.4 Å². The normalized spacial score (nSPS) is 17.7. The molecule has 7 heteroatoms. The van der Waals surface area contributed by atoms with E-state index in [1.54, 1.807) is 0 Å². The molecule has 6 nitrogen and oxygen atoms in total. The number of ether oxygens (including phenoxy) is 1. The monoisotopic (exact) mass is 475 g/mol. The third kappa shape index (κ3) is 6.90. The molecule has 0 aliphatic carbocycles. The van der Waals surface area contributed by atoms with Gasteiger partial charge >= 0.3 is 0 Å². The van der Waals surface area contributed by atoms with Crippen LogP contribution in [-0.4, -0.2) is 67.1 Å². The Labute approximate surface area is 175 Å². The summed E-state index contributed by atoms with van der Waals surface area (Å²) >= 11 is 0. The highest BCUT2D eigenvalue weighted by Gasteiger charge is 2.24. The van der Waals surface area contributed by atoms with Crippen molar-refractivity contribution in [3.8, 4) is 5.88 Å². The topological polar surface area (TPSA) is 53.0 Å². The molecule has 0 aromatic carbocycles. The number of rotatable bonds is 8. The van der Waals surface area contributed by atoms with Crippen LogP contribution < -0.4 is 10.1 Å². The zero-order valence-electron chi connectivity index (χ0n) is 16.6. The number of nitrogens with one attached hydrogen (secondary N) is 1. The number of likely N-dealkylation sites (N-methyl/N-ethyl adjacent to an activating group) is 2. The molecule has 2 rings (SSSR count). The summed E-state index contributed by atoms with van der Waals surface area (Å²) < 4.78 is 5.52. The molecule has 1 aromatic rings. The van der Waals surface area contributed by atoms with Crippen molar-refractivity contribution in [3.05, 3.63) is 23.9 Å². The maximum absolute atomic E-state index is 5.52. The predicted octanol–water partition coefficient (Wildman–Crippen LogP) is 2.98. The lowest BCUT2D eigenvalue weighted by atomic mass is 10.2. The molecular weight excluding hydrogens is 441 g/mol. The van der Waals surface area contributed by atoms with E-state index in [-0.39, 0.29) is 24.0 Å². The highest BCUT2D eigenvalue weighted by molar-refractivity contribution is 14.0. The molecule has 1 aliphatic heterocycles. The number of hydrogen-bond donors (Lipinski definition) is 1. The Morgan fingerprint density at radius 3 is 2.85 bits per heavy atom. The molecule has 1 saturated heterocycles. The molecular formula is C19H34IN5O. The van der Waals surface area contributed by atoms with Crippen LogP contribution in [0, 0.1) is 0 Å². The second kappa shape index (κ2) is 12.3. The molecule has 1 unspecified atom stereocenters. The Kier molecular flexibility index (Phi) is 10.9. The molecule has 2 heterocycles. The van der Waals surface area contributed by atoms with Crippen LogP contribution in [0.1, 0.15) is 38.7 Å². The van der Waals surface area contributed by atoms with Crippen LogP contribution >= 0.6 is 24.0 Å². The van der Waals surface area contributed by atoms with Crippen LogP contribution in [0.25, 0.3) is 0 Å². The first-order chi connectivity index (χ1) is 12.2. The van der Waals surface area contributed by atoms with Crippen LogP contribution in [-0.2, 0) is 6.54 Å². The van der Waals surface area contributed by atoms with E-state index in [1.807, 2.05) is 25.4 Å². The lowest BCUT2D eigenvalue weighted by Gasteiger charge is -2.29. The van der Waals surface area contributed by atoms with Gasteiger partial charge in [0.25, 0.3) is 0 Å². The molecule has 1 aromatic heterocycles. The van der Waals surface area contributed by atoms with Crippen LogP contribution in [0.2, 0.25) is 0 Å². The first-order valence-electron chi connectivity index (χ1n) is 9.41. The Hall–Kier alpha value is -1.09. The van der Waals surface area contributed by atoms with Gasteiger partial charge in [-0.2, -0.15) is 0 Å². The van der Waals surface area contributed by atoms with E-state index >= 15 is 0 Å². The summed E-state index contributed by atoms with van der Waals surface area (Å²) in [6, 6.07) is 4.61. The first-order valence-corrected chi connectivity index (χ1v) is 9.41. The van der Waals surface area contributed by atoms with E-state index in [9.17, 15) is 0 Å². The summed E-state index contributed by atoms with van der Waals surface area (Å²) in [6.45, 7) is 9.10. The third-order valence-corrected chi connectivity index (χ3v) is 4.67. The minimum atomic E-state index is 0. The molecule has 1 fully saturated rings. The van der Waals surface area contributed by atoms with E-state index < -0.39 is 0 Å². The van der Waals surface area contributed by atoms with E-state index in [2.05, 4.69) is 46.0 Å². The second-order valence-electron chi connectivity index (χ2n) is 6.56. The van der Waals surface area contributed by atoms with Gasteiger partial charge < -0.3 is 15.0 Å². The van der Waals surface area contributed by atoms with Gasteiger partial charge in [-0.05, 0) is 37.9 Å². The molecule has 0 radical (unpaired) electrons. The van der Waals surface area contributed by atoms with Crippen molar-refractivity contribution in [2.75, 3.05) is 40.3 Å². The second-order valence-corrected chi connectivity index (χ2v) is 6.56. The number of guanidine groups is 1. The SMILES string of the molecule is CCCOc1ccc(CNC(=NC)N(C)CC2CCCN2CC)cn1.I. The lowest BCUT2D eigenvalue weighted by Crippen LogP contribution is -2.45. The Morgan fingerprint density at radius 2 is 2.23 bits per heavy atom. The van der Waals surface area contributed by atoms with Gasteiger partial charge in [-0.3, -0.25) is 9.89 Å². The van der Waals surface area contributed by atoms with Crippen molar-refractivity contribution in [1.29, 1.82) is 0 Å². The Bertz CT molecular complexity index is 537. The van der Waals surface area contributed by atoms with E-state index in [4.69, 9.17) is 4.74 Å². The van der Waals surface area contributed by atoms with Gasteiger partial charge in [0.15, 0.2) is 5.96 Å². The summed E-state index contributed by atoms with van der Waals surface area (Å²) in [7, 11) is 3.95. The summed E-state index contributed by atoms with van der Waals surface area (Å²) in [5, 5.41) is 3.43. The quantitative estimate of drug-likeness (QED) is 0.356. The molecule has 1 aliphatic rings. The van der Waals surface area contributed by atoms with Gasteiger partial charge in [-0.15, -0.1) is 24.0 Å². The number of aliphatic imine (C=N–C) groups is 1. The lowest BCUT2D eigenvalue weighted by molar-refractivity contribution is 0.232. The van der Waals surface area contributed by atoms with Gasteiger partial charge in [0.2, 0.25) is 5.88 Å². The zero-order chi connectivity index (χ0) is 18.1. The zero-order valence-corrected chi connectivity index (χ0v) is 18.9. The van der Waals surface area contributed by atoms with Crippen molar-refractivity contribution < 1.29 is 4.74 Å². The third-order valence-electron chi connectivity index (χ3n) is 4.67. The molecule has 0 bridgehead atoms. The maximum Gasteiger partial charge on any atom is 0.213 e. The summed E-state index contributed by atoms with van der Waals surface area (Å²) in [5.41, 5.74) is 1.12. The molecule has 0 spiro atoms. The van der Waals surface area contributed by atoms with Crippen LogP contribution in [0.5, 0.6) is 5.88 Å². The fourth-order valence-electron chi connectivity index (χ4n) is 3.29. The average molecular weight is 475 g/mol. The highest BCUT2D eigenvalue weighted by atomic mass is 127. The smallest absolute Gasteiger partial charge is 0.213 e. The van der Waals surface area contributed by atoms with Gasteiger partial charge in [-0.1, -0.05) is 19.9 Å². The standard InChI is InChI=1S/C19H33N5O.HI/c1-5-12-25-18-10-9-16(13-21-18)14-22-19(20-3)23(4)15-17-8-7-11-24(17)6-2;/h9-10,13,17H,5-8,11-12,14-15H2,1-4H3,(H,20,22);1H. The van der Waals surface area contributed by atoms with Gasteiger partial charge in [0, 0.05) is 45.5 Å². The minimum Gasteiger partial charge on any atom is -0.478 e. The number of halogens is 1. The molecule has 26 heavy (non-hydrogen) atoms. The minimum absolute atomic E-state index is 0. The Morgan fingerprint density at radius 1 is 1.42 bits per heavy atom. The molecule has 1 N–H and O–H groups in total. The van der Waals surface area contributed by atoms with Crippen LogP contribution in [0.15, 0.2) is 23.3 Å². The number of hydrogen-bond acceptors (Lipinski definition) is 4. The predicted molar refractivity (Wildman–Crippen MR) is 119 cm³/mol. The number of nitrogens with zero attached hydrogens (tertiary/aromatic N) is 4. The van der Waals surface area contributed by atoms with Crippen molar-refractivity contribution in [3.63, 3.8) is 0 Å². The summed E-state index contributed by atoms with van der Waals surface area (Å²) in [5.74, 6) is 1.61. The molecule has 148 valence electrons. The molecule has 0 saturated carbocycles. The van der Waals surface area contributed by atoms with Crippen molar-refractivity contribution in [2.24, 2.45) is 4.99 Å². The molecule has 1 atom stereocenters. The Balaban J connectivity index is 0.00000338. The number of likely N-dealkylation sites (tertiary alicyclic amines) is 1. The van der Waals surface area contributed by atoms with E-state index in [0.29, 0.717) is 25.1 Å². The first kappa shape index (κ1) is 23.0. The van der Waals surface area contributed by atoms with Crippen LogP contribution in [0.4, 0.5) is 0 Å². The van der Waals surface area contributed by atoms with Crippen molar-refractivity contribution in [1.82, 2.24) is 20.1 Å². The fraction of sp³-hybridized carbons (Fsp3) is 0.684. The number of pyridine rings is 1. The maximum atomic E-state index is 5.52. The fourth-order valence-corrected chi connectivity index (χ4v) is 3.29. The van der Waals surface area contributed by atoms with E-state index in [0.717, 1.165) is 31.0 Å². The molecule has 0 amide bonds. The average Bonchev–Trinajstić information content (AvgIpc) is 3.08.